The monoisotopic (exact) mass is 279 g/mol. The van der Waals surface area contributed by atoms with E-state index in [0.29, 0.717) is 24.7 Å². The van der Waals surface area contributed by atoms with E-state index in [1.54, 1.807) is 32.0 Å². The quantitative estimate of drug-likeness (QED) is 0.867. The SMILES string of the molecule is CC(C)C(NC(=O)c1cccc2c1OCCO2)C(=O)O. The molecule has 0 aliphatic carbocycles. The van der Waals surface area contributed by atoms with Gasteiger partial charge in [-0.2, -0.15) is 0 Å². The predicted molar refractivity (Wildman–Crippen MR) is 71.2 cm³/mol. The fraction of sp³-hybridized carbons (Fsp3) is 0.429. The van der Waals surface area contributed by atoms with Crippen molar-refractivity contribution < 1.29 is 24.2 Å². The maximum absolute atomic E-state index is 12.2. The first-order chi connectivity index (χ1) is 9.50. The minimum atomic E-state index is -1.06. The number of hydrogen-bond acceptors (Lipinski definition) is 4. The van der Waals surface area contributed by atoms with Crippen molar-refractivity contribution in [3.05, 3.63) is 23.8 Å². The lowest BCUT2D eigenvalue weighted by Crippen LogP contribution is -2.44. The standard InChI is InChI=1S/C14H17NO5/c1-8(2)11(14(17)18)15-13(16)9-4-3-5-10-12(9)20-7-6-19-10/h3-5,8,11H,6-7H2,1-2H3,(H,15,16)(H,17,18). The van der Waals surface area contributed by atoms with Crippen molar-refractivity contribution in [3.63, 3.8) is 0 Å². The number of hydrogen-bond donors (Lipinski definition) is 2. The molecule has 1 aromatic rings. The van der Waals surface area contributed by atoms with Crippen LogP contribution in [-0.2, 0) is 4.79 Å². The van der Waals surface area contributed by atoms with Crippen LogP contribution in [0.1, 0.15) is 24.2 Å². The summed E-state index contributed by atoms with van der Waals surface area (Å²) in [6.45, 7) is 4.27. The summed E-state index contributed by atoms with van der Waals surface area (Å²) in [6, 6.07) is 4.03. The van der Waals surface area contributed by atoms with E-state index in [1.807, 2.05) is 0 Å². The van der Waals surface area contributed by atoms with Gasteiger partial charge in [0.1, 0.15) is 19.3 Å². The third kappa shape index (κ3) is 2.84. The number of ether oxygens (including phenoxy) is 2. The number of benzene rings is 1. The summed E-state index contributed by atoms with van der Waals surface area (Å²) in [7, 11) is 0. The summed E-state index contributed by atoms with van der Waals surface area (Å²) in [5.74, 6) is -0.888. The van der Waals surface area contributed by atoms with Gasteiger partial charge in [0.15, 0.2) is 11.5 Å². The normalized spacial score (nSPS) is 14.8. The van der Waals surface area contributed by atoms with E-state index in [9.17, 15) is 9.59 Å². The molecule has 0 saturated carbocycles. The minimum absolute atomic E-state index is 0.215. The van der Waals surface area contributed by atoms with Crippen LogP contribution in [0.4, 0.5) is 0 Å². The lowest BCUT2D eigenvalue weighted by atomic mass is 10.0. The van der Waals surface area contributed by atoms with Crippen LogP contribution in [0.25, 0.3) is 0 Å². The van der Waals surface area contributed by atoms with E-state index >= 15 is 0 Å². The van der Waals surface area contributed by atoms with Crippen molar-refractivity contribution in [2.45, 2.75) is 19.9 Å². The molecule has 20 heavy (non-hydrogen) atoms. The maximum Gasteiger partial charge on any atom is 0.326 e. The van der Waals surface area contributed by atoms with Crippen LogP contribution in [-0.4, -0.2) is 36.2 Å². The van der Waals surface area contributed by atoms with Crippen molar-refractivity contribution in [2.24, 2.45) is 5.92 Å². The Labute approximate surface area is 116 Å². The van der Waals surface area contributed by atoms with Gasteiger partial charge < -0.3 is 19.9 Å². The summed E-state index contributed by atoms with van der Waals surface area (Å²) in [5.41, 5.74) is 0.286. The summed E-state index contributed by atoms with van der Waals surface area (Å²) in [6.07, 6.45) is 0. The number of para-hydroxylation sites is 1. The Hall–Kier alpha value is -2.24. The Morgan fingerprint density at radius 1 is 1.25 bits per heavy atom. The Morgan fingerprint density at radius 2 is 1.95 bits per heavy atom. The molecule has 1 heterocycles. The highest BCUT2D eigenvalue weighted by atomic mass is 16.6. The van der Waals surface area contributed by atoms with Crippen LogP contribution in [0.5, 0.6) is 11.5 Å². The van der Waals surface area contributed by atoms with Crippen LogP contribution >= 0.6 is 0 Å². The van der Waals surface area contributed by atoms with Gasteiger partial charge in [-0.3, -0.25) is 4.79 Å². The van der Waals surface area contributed by atoms with E-state index in [4.69, 9.17) is 14.6 Å². The Kier molecular flexibility index (Phi) is 4.12. The number of nitrogens with one attached hydrogen (secondary N) is 1. The molecule has 0 radical (unpaired) electrons. The molecule has 6 nitrogen and oxygen atoms in total. The van der Waals surface area contributed by atoms with Gasteiger partial charge in [-0.05, 0) is 18.1 Å². The van der Waals surface area contributed by atoms with E-state index in [2.05, 4.69) is 5.32 Å². The second kappa shape index (κ2) is 5.81. The Balaban J connectivity index is 2.23. The highest BCUT2D eigenvalue weighted by Gasteiger charge is 2.27. The average molecular weight is 279 g/mol. The molecule has 1 aliphatic rings. The molecule has 2 rings (SSSR count). The number of carbonyl (C=O) groups excluding carboxylic acids is 1. The number of amides is 1. The molecular weight excluding hydrogens is 262 g/mol. The van der Waals surface area contributed by atoms with Crippen molar-refractivity contribution >= 4 is 11.9 Å². The number of carboxylic acid groups (broad SMARTS) is 1. The first kappa shape index (κ1) is 14.2. The molecule has 0 bridgehead atoms. The van der Waals surface area contributed by atoms with E-state index in [1.165, 1.54) is 0 Å². The van der Waals surface area contributed by atoms with Gasteiger partial charge >= 0.3 is 5.97 Å². The van der Waals surface area contributed by atoms with Gasteiger partial charge in [0, 0.05) is 0 Å². The smallest absolute Gasteiger partial charge is 0.326 e. The van der Waals surface area contributed by atoms with Crippen LogP contribution in [0.3, 0.4) is 0 Å². The third-order valence-corrected chi connectivity index (χ3v) is 3.03. The second-order valence-electron chi connectivity index (χ2n) is 4.86. The van der Waals surface area contributed by atoms with E-state index in [0.717, 1.165) is 0 Å². The van der Waals surface area contributed by atoms with Gasteiger partial charge in [-0.1, -0.05) is 19.9 Å². The van der Waals surface area contributed by atoms with Crippen molar-refractivity contribution in [3.8, 4) is 11.5 Å². The Bertz CT molecular complexity index is 526. The lowest BCUT2D eigenvalue weighted by Gasteiger charge is -2.22. The largest absolute Gasteiger partial charge is 0.486 e. The van der Waals surface area contributed by atoms with Crippen LogP contribution in [0.2, 0.25) is 0 Å². The summed E-state index contributed by atoms with van der Waals surface area (Å²) < 4.78 is 10.8. The number of rotatable bonds is 4. The molecule has 0 fully saturated rings. The number of aliphatic carboxylic acids is 1. The maximum atomic E-state index is 12.2. The fourth-order valence-corrected chi connectivity index (χ4v) is 1.99. The van der Waals surface area contributed by atoms with E-state index < -0.39 is 17.9 Å². The first-order valence-corrected chi connectivity index (χ1v) is 6.43. The van der Waals surface area contributed by atoms with Crippen molar-refractivity contribution in [1.82, 2.24) is 5.32 Å². The highest BCUT2D eigenvalue weighted by Crippen LogP contribution is 2.33. The third-order valence-electron chi connectivity index (χ3n) is 3.03. The van der Waals surface area contributed by atoms with Crippen LogP contribution < -0.4 is 14.8 Å². The number of fused-ring (bicyclic) bond motifs is 1. The molecule has 0 spiro atoms. The lowest BCUT2D eigenvalue weighted by molar-refractivity contribution is -0.140. The molecule has 2 N–H and O–H groups in total. The van der Waals surface area contributed by atoms with Gasteiger partial charge in [0.25, 0.3) is 5.91 Å². The summed E-state index contributed by atoms with van der Waals surface area (Å²) in [5, 5.41) is 11.6. The van der Waals surface area contributed by atoms with Crippen molar-refractivity contribution in [2.75, 3.05) is 13.2 Å². The zero-order chi connectivity index (χ0) is 14.7. The molecule has 1 aromatic carbocycles. The molecule has 0 saturated heterocycles. The molecule has 6 heteroatoms. The zero-order valence-electron chi connectivity index (χ0n) is 11.4. The first-order valence-electron chi connectivity index (χ1n) is 6.43. The average Bonchev–Trinajstić information content (AvgIpc) is 2.43. The minimum Gasteiger partial charge on any atom is -0.486 e. The van der Waals surface area contributed by atoms with Gasteiger partial charge in [0.2, 0.25) is 0 Å². The zero-order valence-corrected chi connectivity index (χ0v) is 11.4. The molecule has 1 unspecified atom stereocenters. The van der Waals surface area contributed by atoms with Crippen LogP contribution in [0, 0.1) is 5.92 Å². The summed E-state index contributed by atoms with van der Waals surface area (Å²) >= 11 is 0. The fourth-order valence-electron chi connectivity index (χ4n) is 1.99. The molecule has 108 valence electrons. The second-order valence-corrected chi connectivity index (χ2v) is 4.86. The Morgan fingerprint density at radius 3 is 2.60 bits per heavy atom. The van der Waals surface area contributed by atoms with E-state index in [-0.39, 0.29) is 11.5 Å². The summed E-state index contributed by atoms with van der Waals surface area (Å²) in [4.78, 5) is 23.4. The molecule has 1 atom stereocenters. The topological polar surface area (TPSA) is 84.9 Å². The van der Waals surface area contributed by atoms with Gasteiger partial charge in [-0.15, -0.1) is 0 Å². The molecule has 0 aromatic heterocycles. The predicted octanol–water partition coefficient (Wildman–Crippen LogP) is 1.30. The molecule has 1 amide bonds. The van der Waals surface area contributed by atoms with Gasteiger partial charge in [-0.25, -0.2) is 4.79 Å². The number of carboxylic acids is 1. The van der Waals surface area contributed by atoms with Crippen molar-refractivity contribution in [1.29, 1.82) is 0 Å². The molecule has 1 aliphatic heterocycles. The molecular formula is C14H17NO5. The van der Waals surface area contributed by atoms with Crippen LogP contribution in [0.15, 0.2) is 18.2 Å². The highest BCUT2D eigenvalue weighted by molar-refractivity contribution is 5.99. The number of carbonyl (C=O) groups is 2. The van der Waals surface area contributed by atoms with Gasteiger partial charge in [0.05, 0.1) is 5.56 Å².